The Morgan fingerprint density at radius 3 is 1.55 bits per heavy atom. The Bertz CT molecular complexity index is 1020. The van der Waals surface area contributed by atoms with Gasteiger partial charge >= 0.3 is 11.0 Å². The molecule has 0 unspecified atom stereocenters. The second kappa shape index (κ2) is 7.67. The highest BCUT2D eigenvalue weighted by Crippen LogP contribution is 2.39. The summed E-state index contributed by atoms with van der Waals surface area (Å²) >= 11 is 0. The molecule has 2 N–H and O–H groups in total. The minimum absolute atomic E-state index is 0.240. The van der Waals surface area contributed by atoms with Gasteiger partial charge in [0.25, 0.3) is 19.7 Å². The number of sulfone groups is 2. The third kappa shape index (κ3) is 4.44. The molecule has 164 valence electrons. The predicted molar refractivity (Wildman–Crippen MR) is 96.9 cm³/mol. The highest BCUT2D eigenvalue weighted by Gasteiger charge is 2.59. The largest absolute Gasteiger partial charge is 0.502 e. The van der Waals surface area contributed by atoms with Crippen molar-refractivity contribution in [2.45, 2.75) is 38.7 Å². The van der Waals surface area contributed by atoms with Crippen molar-refractivity contribution in [1.82, 2.24) is 0 Å². The Kier molecular flexibility index (Phi) is 6.61. The minimum atomic E-state index is -6.80. The number of nitrogen functional groups attached to an aromatic ring is 1. The first-order valence-corrected chi connectivity index (χ1v) is 10.6. The number of anilines is 1. The van der Waals surface area contributed by atoms with E-state index in [-0.39, 0.29) is 6.08 Å². The first-order chi connectivity index (χ1) is 12.8. The van der Waals surface area contributed by atoms with Crippen LogP contribution in [0, 0.1) is 27.7 Å². The van der Waals surface area contributed by atoms with Crippen molar-refractivity contribution in [2.24, 2.45) is 0 Å². The van der Waals surface area contributed by atoms with Gasteiger partial charge in [-0.25, -0.2) is 16.8 Å². The van der Waals surface area contributed by atoms with Crippen LogP contribution in [0.5, 0.6) is 0 Å². The van der Waals surface area contributed by atoms with Crippen LogP contribution in [0.2, 0.25) is 0 Å². The summed E-state index contributed by atoms with van der Waals surface area (Å²) in [6, 6.07) is 0. The van der Waals surface area contributed by atoms with Crippen LogP contribution < -0.4 is 5.73 Å². The summed E-state index contributed by atoms with van der Waals surface area (Å²) in [7, 11) is -13.6. The first kappa shape index (κ1) is 25.0. The quantitative estimate of drug-likeness (QED) is 0.408. The van der Waals surface area contributed by atoms with Gasteiger partial charge in [0.15, 0.2) is 4.24 Å². The molecule has 0 amide bonds. The van der Waals surface area contributed by atoms with E-state index in [0.717, 1.165) is 6.08 Å². The number of hydrogen-bond acceptors (Lipinski definition) is 5. The molecular weight excluding hydrogens is 448 g/mol. The summed E-state index contributed by atoms with van der Waals surface area (Å²) in [6.07, 6.45) is 1.24. The van der Waals surface area contributed by atoms with Gasteiger partial charge in [-0.05, 0) is 61.6 Å². The number of halogens is 6. The highest BCUT2D eigenvalue weighted by atomic mass is 32.3. The molecule has 0 aliphatic rings. The molecule has 1 aromatic carbocycles. The Morgan fingerprint density at radius 1 is 0.759 bits per heavy atom. The molecule has 1 aromatic rings. The molecule has 0 aromatic heterocycles. The summed E-state index contributed by atoms with van der Waals surface area (Å²) in [5.41, 5.74) is -3.54. The smallest absolute Gasteiger partial charge is 0.398 e. The second-order valence-electron chi connectivity index (χ2n) is 6.07. The van der Waals surface area contributed by atoms with E-state index in [2.05, 4.69) is 0 Å². The van der Waals surface area contributed by atoms with Crippen LogP contribution in [-0.2, 0) is 19.7 Å². The molecule has 0 aliphatic carbocycles. The summed E-state index contributed by atoms with van der Waals surface area (Å²) in [5.74, 6) is 0. The second-order valence-corrected chi connectivity index (χ2v) is 10.1. The van der Waals surface area contributed by atoms with Crippen LogP contribution in [0.1, 0.15) is 27.8 Å². The normalized spacial score (nSPS) is 13.7. The molecule has 0 atom stereocenters. The molecule has 0 spiro atoms. The molecule has 0 heterocycles. The Hall–Kier alpha value is -2.02. The lowest BCUT2D eigenvalue weighted by molar-refractivity contribution is -0.0444. The molecule has 0 aliphatic heterocycles. The molecule has 0 bridgehead atoms. The molecule has 29 heavy (non-hydrogen) atoms. The summed E-state index contributed by atoms with van der Waals surface area (Å²) in [5, 5.41) is 0. The van der Waals surface area contributed by atoms with E-state index in [1.807, 2.05) is 0 Å². The molecule has 1 rings (SSSR count). The van der Waals surface area contributed by atoms with E-state index in [1.54, 1.807) is 20.8 Å². The third-order valence-corrected chi connectivity index (χ3v) is 8.24. The Balaban J connectivity index is 3.78. The molecular formula is C16H17F6NO4S2. The SMILES string of the molecule is Cc1c(C)c(N)c(C)c(C=CC=C(S(=O)(=O)C(F)(F)F)S(=O)(=O)C(F)(F)F)c1C. The van der Waals surface area contributed by atoms with Crippen molar-refractivity contribution < 1.29 is 43.2 Å². The highest BCUT2D eigenvalue weighted by molar-refractivity contribution is 8.15. The molecule has 13 heteroatoms. The topological polar surface area (TPSA) is 94.3 Å². The number of allylic oxidation sites excluding steroid dienone is 2. The molecule has 0 saturated heterocycles. The van der Waals surface area contributed by atoms with Crippen molar-refractivity contribution in [3.8, 4) is 0 Å². The summed E-state index contributed by atoms with van der Waals surface area (Å²) in [4.78, 5) is 0. The Morgan fingerprint density at radius 2 is 1.17 bits per heavy atom. The maximum Gasteiger partial charge on any atom is 0.502 e. The lowest BCUT2D eigenvalue weighted by atomic mass is 9.92. The van der Waals surface area contributed by atoms with Gasteiger partial charge in [0.1, 0.15) is 0 Å². The molecule has 0 radical (unpaired) electrons. The standard InChI is InChI=1S/C16H17F6NO4S2/c1-8-9(2)12(11(4)14(23)10(8)3)6-5-7-13(28(24,25)15(17,18)19)29(26,27)16(20,21)22/h5-7H,23H2,1-4H3. The Labute approximate surface area is 163 Å². The van der Waals surface area contributed by atoms with Crippen LogP contribution in [0.15, 0.2) is 16.4 Å². The maximum absolute atomic E-state index is 12.7. The molecule has 5 nitrogen and oxygen atoms in total. The average molecular weight is 465 g/mol. The summed E-state index contributed by atoms with van der Waals surface area (Å²) in [6.45, 7) is 6.54. The van der Waals surface area contributed by atoms with E-state index >= 15 is 0 Å². The zero-order chi connectivity index (χ0) is 23.2. The zero-order valence-corrected chi connectivity index (χ0v) is 17.2. The van der Waals surface area contributed by atoms with Crippen molar-refractivity contribution >= 4 is 31.4 Å². The number of alkyl halides is 6. The van der Waals surface area contributed by atoms with Crippen LogP contribution in [0.4, 0.5) is 32.0 Å². The number of nitrogens with two attached hydrogens (primary N) is 1. The van der Waals surface area contributed by atoms with E-state index in [1.165, 1.54) is 6.92 Å². The van der Waals surface area contributed by atoms with Gasteiger partial charge in [-0.1, -0.05) is 12.2 Å². The van der Waals surface area contributed by atoms with E-state index in [0.29, 0.717) is 39.6 Å². The fourth-order valence-corrected chi connectivity index (χ4v) is 5.11. The fraction of sp³-hybridized carbons (Fsp3) is 0.375. The predicted octanol–water partition coefficient (Wildman–Crippen LogP) is 4.23. The van der Waals surface area contributed by atoms with Crippen LogP contribution in [0.25, 0.3) is 6.08 Å². The van der Waals surface area contributed by atoms with Crippen LogP contribution in [0.3, 0.4) is 0 Å². The summed E-state index contributed by atoms with van der Waals surface area (Å²) < 4.78 is 119. The number of benzene rings is 1. The minimum Gasteiger partial charge on any atom is -0.398 e. The van der Waals surface area contributed by atoms with E-state index in [9.17, 15) is 43.2 Å². The van der Waals surface area contributed by atoms with Crippen molar-refractivity contribution in [3.05, 3.63) is 44.2 Å². The van der Waals surface area contributed by atoms with Gasteiger partial charge in [0.05, 0.1) is 0 Å². The van der Waals surface area contributed by atoms with Gasteiger partial charge in [0.2, 0.25) is 0 Å². The number of hydrogen-bond donors (Lipinski definition) is 1. The monoisotopic (exact) mass is 465 g/mol. The van der Waals surface area contributed by atoms with Crippen molar-refractivity contribution in [1.29, 1.82) is 0 Å². The molecule has 0 fully saturated rings. The van der Waals surface area contributed by atoms with E-state index in [4.69, 9.17) is 5.73 Å². The van der Waals surface area contributed by atoms with Gasteiger partial charge < -0.3 is 5.73 Å². The van der Waals surface area contributed by atoms with Gasteiger partial charge in [-0.15, -0.1) is 0 Å². The first-order valence-electron chi connectivity index (χ1n) is 7.65. The van der Waals surface area contributed by atoms with E-state index < -0.39 is 34.9 Å². The zero-order valence-electron chi connectivity index (χ0n) is 15.5. The maximum atomic E-state index is 12.7. The number of rotatable bonds is 4. The molecule has 0 saturated carbocycles. The van der Waals surface area contributed by atoms with Crippen molar-refractivity contribution in [3.63, 3.8) is 0 Å². The van der Waals surface area contributed by atoms with Crippen molar-refractivity contribution in [2.75, 3.05) is 5.73 Å². The van der Waals surface area contributed by atoms with Gasteiger partial charge in [-0.2, -0.15) is 26.3 Å². The third-order valence-electron chi connectivity index (χ3n) is 4.38. The van der Waals surface area contributed by atoms with Gasteiger partial charge in [0, 0.05) is 5.69 Å². The van der Waals surface area contributed by atoms with Gasteiger partial charge in [-0.3, -0.25) is 0 Å². The van der Waals surface area contributed by atoms with Crippen LogP contribution >= 0.6 is 0 Å². The lowest BCUT2D eigenvalue weighted by Gasteiger charge is -2.16. The average Bonchev–Trinajstić information content (AvgIpc) is 2.55. The lowest BCUT2D eigenvalue weighted by Crippen LogP contribution is -2.34. The van der Waals surface area contributed by atoms with Crippen LogP contribution in [-0.4, -0.2) is 27.9 Å². The fourth-order valence-electron chi connectivity index (χ4n) is 2.42.